The Balaban J connectivity index is 1.80. The third-order valence-electron chi connectivity index (χ3n) is 3.62. The first-order chi connectivity index (χ1) is 10.7. The number of para-hydroxylation sites is 1. The Morgan fingerprint density at radius 2 is 2.09 bits per heavy atom. The molecule has 1 aromatic carbocycles. The molecule has 1 saturated heterocycles. The van der Waals surface area contributed by atoms with Gasteiger partial charge in [-0.25, -0.2) is 0 Å². The SMILES string of the molecule is COc1ccccc1/C=C/CN(C)CC(=O)N1CCOCC1. The van der Waals surface area contributed by atoms with Crippen LogP contribution in [0.3, 0.4) is 0 Å². The normalized spacial score (nSPS) is 15.5. The summed E-state index contributed by atoms with van der Waals surface area (Å²) in [4.78, 5) is 16.0. The van der Waals surface area contributed by atoms with E-state index in [4.69, 9.17) is 9.47 Å². The Hall–Kier alpha value is -1.85. The molecule has 0 aromatic heterocycles. The Labute approximate surface area is 132 Å². The molecular formula is C17H24N2O3. The monoisotopic (exact) mass is 304 g/mol. The molecule has 0 bridgehead atoms. The van der Waals surface area contributed by atoms with Crippen molar-refractivity contribution in [2.45, 2.75) is 0 Å². The second-order valence-electron chi connectivity index (χ2n) is 5.33. The van der Waals surface area contributed by atoms with Gasteiger partial charge in [-0.3, -0.25) is 9.69 Å². The fourth-order valence-electron chi connectivity index (χ4n) is 2.37. The number of carbonyl (C=O) groups excluding carboxylic acids is 1. The fraction of sp³-hybridized carbons (Fsp3) is 0.471. The molecule has 0 aliphatic carbocycles. The molecule has 0 spiro atoms. The van der Waals surface area contributed by atoms with Crippen LogP contribution in [0.25, 0.3) is 6.08 Å². The number of carbonyl (C=O) groups is 1. The molecule has 22 heavy (non-hydrogen) atoms. The minimum Gasteiger partial charge on any atom is -0.496 e. The van der Waals surface area contributed by atoms with Crippen LogP contribution in [0, 0.1) is 0 Å². The maximum absolute atomic E-state index is 12.1. The average molecular weight is 304 g/mol. The molecule has 0 atom stereocenters. The summed E-state index contributed by atoms with van der Waals surface area (Å²) in [6, 6.07) is 7.87. The Kier molecular flexibility index (Phi) is 6.43. The number of benzene rings is 1. The number of hydrogen-bond donors (Lipinski definition) is 0. The molecule has 1 amide bonds. The molecule has 5 heteroatoms. The van der Waals surface area contributed by atoms with E-state index in [0.717, 1.165) is 11.3 Å². The van der Waals surface area contributed by atoms with Gasteiger partial charge in [-0.1, -0.05) is 30.4 Å². The van der Waals surface area contributed by atoms with Gasteiger partial charge in [-0.05, 0) is 13.1 Å². The highest BCUT2D eigenvalue weighted by atomic mass is 16.5. The number of amides is 1. The molecule has 120 valence electrons. The Morgan fingerprint density at radius 3 is 2.82 bits per heavy atom. The van der Waals surface area contributed by atoms with Crippen molar-refractivity contribution >= 4 is 12.0 Å². The van der Waals surface area contributed by atoms with Gasteiger partial charge in [-0.15, -0.1) is 0 Å². The van der Waals surface area contributed by atoms with Crippen LogP contribution in [0.4, 0.5) is 0 Å². The summed E-state index contributed by atoms with van der Waals surface area (Å²) in [5.41, 5.74) is 1.04. The van der Waals surface area contributed by atoms with Crippen molar-refractivity contribution in [1.29, 1.82) is 0 Å². The van der Waals surface area contributed by atoms with Gasteiger partial charge in [0.1, 0.15) is 5.75 Å². The molecule has 1 aromatic rings. The first kappa shape index (κ1) is 16.5. The van der Waals surface area contributed by atoms with Crippen LogP contribution in [0.15, 0.2) is 30.3 Å². The van der Waals surface area contributed by atoms with E-state index < -0.39 is 0 Å². The summed E-state index contributed by atoms with van der Waals surface area (Å²) >= 11 is 0. The molecule has 1 aliphatic heterocycles. The molecule has 2 rings (SSSR count). The quantitative estimate of drug-likeness (QED) is 0.799. The first-order valence-electron chi connectivity index (χ1n) is 7.54. The van der Waals surface area contributed by atoms with Gasteiger partial charge in [0, 0.05) is 25.2 Å². The van der Waals surface area contributed by atoms with E-state index in [1.165, 1.54) is 0 Å². The van der Waals surface area contributed by atoms with Crippen LogP contribution >= 0.6 is 0 Å². The highest BCUT2D eigenvalue weighted by Crippen LogP contribution is 2.18. The summed E-state index contributed by atoms with van der Waals surface area (Å²) in [6.07, 6.45) is 4.07. The van der Waals surface area contributed by atoms with Crippen LogP contribution in [0.1, 0.15) is 5.56 Å². The third-order valence-corrected chi connectivity index (χ3v) is 3.62. The first-order valence-corrected chi connectivity index (χ1v) is 7.54. The van der Waals surface area contributed by atoms with Crippen LogP contribution in [0.2, 0.25) is 0 Å². The number of morpholine rings is 1. The lowest BCUT2D eigenvalue weighted by molar-refractivity contribution is -0.136. The van der Waals surface area contributed by atoms with Crippen molar-refractivity contribution in [3.05, 3.63) is 35.9 Å². The van der Waals surface area contributed by atoms with Crippen molar-refractivity contribution in [3.8, 4) is 5.75 Å². The molecule has 0 N–H and O–H groups in total. The number of likely N-dealkylation sites (N-methyl/N-ethyl adjacent to an activating group) is 1. The van der Waals surface area contributed by atoms with E-state index in [1.807, 2.05) is 53.3 Å². The standard InChI is InChI=1S/C17H24N2O3/c1-18(14-17(20)19-10-12-22-13-11-19)9-5-7-15-6-3-4-8-16(15)21-2/h3-8H,9-14H2,1-2H3/b7-5+. The van der Waals surface area contributed by atoms with Crippen LogP contribution < -0.4 is 4.74 Å². The fourth-order valence-corrected chi connectivity index (χ4v) is 2.37. The number of hydrogen-bond acceptors (Lipinski definition) is 4. The second kappa shape index (κ2) is 8.56. The van der Waals surface area contributed by atoms with Gasteiger partial charge < -0.3 is 14.4 Å². The molecule has 5 nitrogen and oxygen atoms in total. The summed E-state index contributed by atoms with van der Waals surface area (Å²) in [7, 11) is 3.62. The predicted octanol–water partition coefficient (Wildman–Crippen LogP) is 1.50. The van der Waals surface area contributed by atoms with Gasteiger partial charge in [0.15, 0.2) is 0 Å². The Bertz CT molecular complexity index is 510. The highest BCUT2D eigenvalue weighted by molar-refractivity contribution is 5.78. The van der Waals surface area contributed by atoms with E-state index in [9.17, 15) is 4.79 Å². The van der Waals surface area contributed by atoms with Gasteiger partial charge in [0.2, 0.25) is 5.91 Å². The van der Waals surface area contributed by atoms with E-state index >= 15 is 0 Å². The van der Waals surface area contributed by atoms with Gasteiger partial charge in [0.25, 0.3) is 0 Å². The molecule has 1 fully saturated rings. The number of nitrogens with zero attached hydrogens (tertiary/aromatic N) is 2. The number of ether oxygens (including phenoxy) is 2. The van der Waals surface area contributed by atoms with Crippen molar-refractivity contribution in [2.24, 2.45) is 0 Å². The maximum Gasteiger partial charge on any atom is 0.236 e. The molecule has 0 saturated carbocycles. The maximum atomic E-state index is 12.1. The van der Waals surface area contributed by atoms with Crippen molar-refractivity contribution in [3.63, 3.8) is 0 Å². The van der Waals surface area contributed by atoms with Crippen molar-refractivity contribution < 1.29 is 14.3 Å². The number of rotatable bonds is 6. The van der Waals surface area contributed by atoms with E-state index in [2.05, 4.69) is 0 Å². The van der Waals surface area contributed by atoms with E-state index in [0.29, 0.717) is 39.4 Å². The topological polar surface area (TPSA) is 42.0 Å². The lowest BCUT2D eigenvalue weighted by atomic mass is 10.2. The smallest absolute Gasteiger partial charge is 0.236 e. The predicted molar refractivity (Wildman–Crippen MR) is 86.9 cm³/mol. The zero-order valence-corrected chi connectivity index (χ0v) is 13.3. The average Bonchev–Trinajstić information content (AvgIpc) is 2.56. The summed E-state index contributed by atoms with van der Waals surface area (Å²) in [5, 5.41) is 0. The molecule has 1 heterocycles. The summed E-state index contributed by atoms with van der Waals surface area (Å²) in [6.45, 7) is 3.82. The van der Waals surface area contributed by atoms with Gasteiger partial charge in [0.05, 0.1) is 26.9 Å². The minimum absolute atomic E-state index is 0.163. The van der Waals surface area contributed by atoms with Crippen LogP contribution in [-0.4, -0.2) is 69.3 Å². The molecule has 0 radical (unpaired) electrons. The Morgan fingerprint density at radius 1 is 1.36 bits per heavy atom. The van der Waals surface area contributed by atoms with Gasteiger partial charge in [-0.2, -0.15) is 0 Å². The lowest BCUT2D eigenvalue weighted by Gasteiger charge is -2.28. The van der Waals surface area contributed by atoms with Crippen molar-refractivity contribution in [1.82, 2.24) is 9.80 Å². The molecule has 1 aliphatic rings. The minimum atomic E-state index is 0.163. The van der Waals surface area contributed by atoms with E-state index in [-0.39, 0.29) is 5.91 Å². The van der Waals surface area contributed by atoms with E-state index in [1.54, 1.807) is 7.11 Å². The zero-order chi connectivity index (χ0) is 15.8. The second-order valence-corrected chi connectivity index (χ2v) is 5.33. The summed E-state index contributed by atoms with van der Waals surface area (Å²) < 4.78 is 10.6. The lowest BCUT2D eigenvalue weighted by Crippen LogP contribution is -2.45. The number of methoxy groups -OCH3 is 1. The largest absolute Gasteiger partial charge is 0.496 e. The van der Waals surface area contributed by atoms with Gasteiger partial charge >= 0.3 is 0 Å². The third kappa shape index (κ3) is 4.86. The molecular weight excluding hydrogens is 280 g/mol. The van der Waals surface area contributed by atoms with Crippen LogP contribution in [0.5, 0.6) is 5.75 Å². The van der Waals surface area contributed by atoms with Crippen molar-refractivity contribution in [2.75, 3.05) is 53.6 Å². The highest BCUT2D eigenvalue weighted by Gasteiger charge is 2.17. The zero-order valence-electron chi connectivity index (χ0n) is 13.3. The summed E-state index contributed by atoms with van der Waals surface area (Å²) in [5.74, 6) is 1.02. The molecule has 0 unspecified atom stereocenters. The van der Waals surface area contributed by atoms with Crippen LogP contribution in [-0.2, 0) is 9.53 Å².